The largest absolute Gasteiger partial charge is 0.475 e. The van der Waals surface area contributed by atoms with Crippen molar-refractivity contribution in [1.29, 1.82) is 0 Å². The fourth-order valence-corrected chi connectivity index (χ4v) is 6.75. The van der Waals surface area contributed by atoms with Crippen molar-refractivity contribution >= 4 is 39.7 Å². The van der Waals surface area contributed by atoms with Crippen LogP contribution in [-0.2, 0) is 22.3 Å². The Morgan fingerprint density at radius 2 is 2.14 bits per heavy atom. The smallest absolute Gasteiger partial charge is 0.263 e. The topological polar surface area (TPSA) is 73.8 Å². The summed E-state index contributed by atoms with van der Waals surface area (Å²) in [5.74, 6) is 2.04. The van der Waals surface area contributed by atoms with Crippen molar-refractivity contribution < 1.29 is 18.4 Å². The third-order valence-corrected chi connectivity index (χ3v) is 8.13. The zero-order valence-electron chi connectivity index (χ0n) is 14.3. The molecule has 6 rings (SSSR count). The Bertz CT molecular complexity index is 1150. The van der Waals surface area contributed by atoms with Gasteiger partial charge >= 0.3 is 0 Å². The molecule has 0 saturated carbocycles. The van der Waals surface area contributed by atoms with Gasteiger partial charge in [0, 0.05) is 22.2 Å². The summed E-state index contributed by atoms with van der Waals surface area (Å²) in [6, 6.07) is 9.41. The Labute approximate surface area is 171 Å². The van der Waals surface area contributed by atoms with Crippen LogP contribution in [-0.4, -0.2) is 27.6 Å². The number of hydrogen-bond acceptors (Lipinski definition) is 7. The van der Waals surface area contributed by atoms with Gasteiger partial charge in [-0.25, -0.2) is 9.19 Å². The zero-order valence-corrected chi connectivity index (χ0v) is 16.6. The number of thiophene rings is 1. The van der Waals surface area contributed by atoms with Gasteiger partial charge in [0.2, 0.25) is 12.7 Å². The van der Waals surface area contributed by atoms with Crippen molar-refractivity contribution in [3.63, 3.8) is 0 Å². The molecule has 3 aliphatic rings. The van der Waals surface area contributed by atoms with E-state index in [1.165, 1.54) is 11.3 Å². The quantitative estimate of drug-likeness (QED) is 0.617. The molecule has 0 fully saturated rings. The summed E-state index contributed by atoms with van der Waals surface area (Å²) in [6.07, 6.45) is 1.71. The van der Waals surface area contributed by atoms with Crippen LogP contribution >= 0.6 is 22.9 Å². The highest BCUT2D eigenvalue weighted by atomic mass is 35.5. The molecule has 0 aromatic carbocycles. The Morgan fingerprint density at radius 3 is 3.00 bits per heavy atom. The molecule has 3 aromatic rings. The molecular formula is C18H12ClN3O4S2. The summed E-state index contributed by atoms with van der Waals surface area (Å²) in [5.41, 5.74) is 1.59. The van der Waals surface area contributed by atoms with Crippen molar-refractivity contribution in [1.82, 2.24) is 9.97 Å². The number of fused-ring (bicyclic) bond motifs is 5. The normalized spacial score (nSPS) is 23.8. The molecule has 0 saturated heterocycles. The SMILES string of the molecule is O=S1N(Cc2ccc(Cl)s2)c2ncccc2C12COc1nc3c(cc12)OCO3. The van der Waals surface area contributed by atoms with E-state index < -0.39 is 15.7 Å². The minimum absolute atomic E-state index is 0.116. The molecular weight excluding hydrogens is 422 g/mol. The van der Waals surface area contributed by atoms with Gasteiger partial charge in [-0.3, -0.25) is 4.31 Å². The average molecular weight is 434 g/mol. The monoisotopic (exact) mass is 433 g/mol. The zero-order chi connectivity index (χ0) is 18.9. The molecule has 3 aromatic heterocycles. The predicted molar refractivity (Wildman–Crippen MR) is 105 cm³/mol. The number of anilines is 1. The summed E-state index contributed by atoms with van der Waals surface area (Å²) in [4.78, 5) is 9.95. The fraction of sp³-hybridized carbons (Fsp3) is 0.222. The molecule has 7 nitrogen and oxygen atoms in total. The van der Waals surface area contributed by atoms with Gasteiger partial charge in [-0.1, -0.05) is 17.7 Å². The van der Waals surface area contributed by atoms with Crippen LogP contribution in [0.1, 0.15) is 16.0 Å². The molecule has 142 valence electrons. The second-order valence-electron chi connectivity index (χ2n) is 6.53. The van der Waals surface area contributed by atoms with Crippen LogP contribution in [0.4, 0.5) is 5.82 Å². The number of rotatable bonds is 2. The van der Waals surface area contributed by atoms with Crippen LogP contribution in [0.2, 0.25) is 4.34 Å². The van der Waals surface area contributed by atoms with Crippen LogP contribution in [0.5, 0.6) is 17.5 Å². The molecule has 2 atom stereocenters. The van der Waals surface area contributed by atoms with Crippen LogP contribution in [0.15, 0.2) is 36.5 Å². The first-order valence-corrected chi connectivity index (χ1v) is 10.8. The minimum atomic E-state index is -1.47. The van der Waals surface area contributed by atoms with Crippen molar-refractivity contribution in [3.8, 4) is 17.5 Å². The fourth-order valence-electron chi connectivity index (χ4n) is 3.82. The standard InChI is InChI=1S/C18H12ClN3O4S2/c19-14-4-3-10(27-14)7-22-15-11(2-1-5-20-15)18(28(22)23)8-24-16-12(18)6-13-17(21-16)26-9-25-13/h1-6H,7-9H2. The lowest BCUT2D eigenvalue weighted by molar-refractivity contribution is 0.170. The lowest BCUT2D eigenvalue weighted by Crippen LogP contribution is -2.36. The molecule has 0 aliphatic carbocycles. The predicted octanol–water partition coefficient (Wildman–Crippen LogP) is 3.24. The first kappa shape index (κ1) is 16.6. The number of hydrogen-bond donors (Lipinski definition) is 0. The summed E-state index contributed by atoms with van der Waals surface area (Å²) < 4.78 is 32.2. The second-order valence-corrected chi connectivity index (χ2v) is 9.97. The number of nitrogens with zero attached hydrogens (tertiary/aromatic N) is 3. The number of pyridine rings is 2. The average Bonchev–Trinajstić information content (AvgIpc) is 3.45. The summed E-state index contributed by atoms with van der Waals surface area (Å²) in [6.45, 7) is 0.777. The lowest BCUT2D eigenvalue weighted by Gasteiger charge is -2.23. The minimum Gasteiger partial charge on any atom is -0.475 e. The van der Waals surface area contributed by atoms with Crippen LogP contribution in [0, 0.1) is 0 Å². The van der Waals surface area contributed by atoms with Crippen LogP contribution < -0.4 is 18.5 Å². The van der Waals surface area contributed by atoms with Crippen molar-refractivity contribution in [3.05, 3.63) is 56.9 Å². The van der Waals surface area contributed by atoms with Gasteiger partial charge in [0.1, 0.15) is 23.4 Å². The highest BCUT2D eigenvalue weighted by molar-refractivity contribution is 7.88. The second kappa shape index (κ2) is 5.82. The number of ether oxygens (including phenoxy) is 3. The molecule has 6 heterocycles. The summed E-state index contributed by atoms with van der Waals surface area (Å²) in [7, 11) is -1.47. The van der Waals surface area contributed by atoms with Gasteiger partial charge in [0.25, 0.3) is 5.88 Å². The van der Waals surface area contributed by atoms with Gasteiger partial charge in [-0.05, 0) is 24.3 Å². The van der Waals surface area contributed by atoms with E-state index in [4.69, 9.17) is 25.8 Å². The molecule has 0 radical (unpaired) electrons. The van der Waals surface area contributed by atoms with Gasteiger partial charge in [-0.15, -0.1) is 11.3 Å². The molecule has 28 heavy (non-hydrogen) atoms. The first-order valence-electron chi connectivity index (χ1n) is 8.50. The van der Waals surface area contributed by atoms with E-state index in [1.807, 2.05) is 30.3 Å². The maximum atomic E-state index is 13.8. The van der Waals surface area contributed by atoms with E-state index >= 15 is 0 Å². The van der Waals surface area contributed by atoms with E-state index in [9.17, 15) is 4.21 Å². The highest BCUT2D eigenvalue weighted by Gasteiger charge is 2.58. The van der Waals surface area contributed by atoms with Crippen molar-refractivity contribution in [2.45, 2.75) is 11.3 Å². The third-order valence-electron chi connectivity index (χ3n) is 5.06. The lowest BCUT2D eigenvalue weighted by atomic mass is 9.93. The van der Waals surface area contributed by atoms with Gasteiger partial charge in [-0.2, -0.15) is 4.98 Å². The maximum Gasteiger partial charge on any atom is 0.263 e. The van der Waals surface area contributed by atoms with E-state index in [0.717, 1.165) is 16.0 Å². The van der Waals surface area contributed by atoms with Gasteiger partial charge in [0.05, 0.1) is 10.9 Å². The Morgan fingerprint density at radius 1 is 1.21 bits per heavy atom. The first-order chi connectivity index (χ1) is 13.7. The van der Waals surface area contributed by atoms with Crippen LogP contribution in [0.25, 0.3) is 0 Å². The Kier molecular flexibility index (Phi) is 3.45. The molecule has 0 bridgehead atoms. The summed E-state index contributed by atoms with van der Waals surface area (Å²) >= 11 is 7.54. The third kappa shape index (κ3) is 2.12. The maximum absolute atomic E-state index is 13.8. The van der Waals surface area contributed by atoms with Crippen molar-refractivity contribution in [2.24, 2.45) is 0 Å². The molecule has 0 N–H and O–H groups in total. The van der Waals surface area contributed by atoms with Gasteiger partial charge in [0.15, 0.2) is 10.5 Å². The van der Waals surface area contributed by atoms with Gasteiger partial charge < -0.3 is 14.2 Å². The molecule has 0 amide bonds. The Hall–Kier alpha value is -2.36. The molecule has 3 aliphatic heterocycles. The number of halogens is 1. The van der Waals surface area contributed by atoms with Crippen LogP contribution in [0.3, 0.4) is 0 Å². The van der Waals surface area contributed by atoms with E-state index in [-0.39, 0.29) is 13.4 Å². The van der Waals surface area contributed by atoms with E-state index in [2.05, 4.69) is 9.97 Å². The Balaban J connectivity index is 1.51. The summed E-state index contributed by atoms with van der Waals surface area (Å²) in [5, 5.41) is 0. The van der Waals surface area contributed by atoms with E-state index in [0.29, 0.717) is 34.2 Å². The number of aromatic nitrogens is 2. The van der Waals surface area contributed by atoms with Crippen molar-refractivity contribution in [2.75, 3.05) is 17.7 Å². The highest BCUT2D eigenvalue weighted by Crippen LogP contribution is 2.55. The molecule has 2 unspecified atom stereocenters. The van der Waals surface area contributed by atoms with E-state index in [1.54, 1.807) is 10.5 Å². The molecule has 1 spiro atoms. The molecule has 10 heteroatoms.